The second-order valence-electron chi connectivity index (χ2n) is 6.12. The molecule has 6 nitrogen and oxygen atoms in total. The molecule has 2 aliphatic heterocycles. The number of rotatable bonds is 2. The Morgan fingerprint density at radius 2 is 1.83 bits per heavy atom. The van der Waals surface area contributed by atoms with Crippen molar-refractivity contribution in [2.45, 2.75) is 12.8 Å². The van der Waals surface area contributed by atoms with Crippen LogP contribution in [0.1, 0.15) is 23.2 Å². The van der Waals surface area contributed by atoms with E-state index in [1.807, 2.05) is 17.0 Å². The number of amides is 2. The minimum atomic E-state index is -0.115. The van der Waals surface area contributed by atoms with Gasteiger partial charge in [0.15, 0.2) is 0 Å². The van der Waals surface area contributed by atoms with Gasteiger partial charge in [0.2, 0.25) is 5.91 Å². The molecule has 0 aromatic heterocycles. The van der Waals surface area contributed by atoms with Crippen molar-refractivity contribution < 1.29 is 14.3 Å². The number of ether oxygens (including phenoxy) is 1. The van der Waals surface area contributed by atoms with Gasteiger partial charge in [-0.05, 0) is 25.0 Å². The summed E-state index contributed by atoms with van der Waals surface area (Å²) in [5.41, 5.74) is 6.91. The van der Waals surface area contributed by atoms with Crippen LogP contribution in [0.15, 0.2) is 24.3 Å². The standard InChI is InChI=1S/C17H23N3O3/c18-15-6-2-1-5-14(15)17(22)20-7-3-4-13(12-20)16(21)19-8-10-23-11-9-19/h1-2,5-6,13H,3-4,7-12,18H2. The van der Waals surface area contributed by atoms with E-state index in [1.54, 1.807) is 17.0 Å². The van der Waals surface area contributed by atoms with Gasteiger partial charge in [0.1, 0.15) is 0 Å². The fourth-order valence-electron chi connectivity index (χ4n) is 3.27. The number of nitrogens with zero attached hydrogens (tertiary/aromatic N) is 2. The predicted molar refractivity (Wildman–Crippen MR) is 86.9 cm³/mol. The van der Waals surface area contributed by atoms with Gasteiger partial charge in [0.05, 0.1) is 24.7 Å². The molecule has 0 spiro atoms. The maximum Gasteiger partial charge on any atom is 0.255 e. The molecular weight excluding hydrogens is 294 g/mol. The molecule has 2 N–H and O–H groups in total. The Kier molecular flexibility index (Phi) is 4.81. The molecule has 1 unspecified atom stereocenters. The Morgan fingerprint density at radius 3 is 2.57 bits per heavy atom. The van der Waals surface area contributed by atoms with Crippen molar-refractivity contribution >= 4 is 17.5 Å². The van der Waals surface area contributed by atoms with Crippen molar-refractivity contribution in [1.29, 1.82) is 0 Å². The number of morpholine rings is 1. The lowest BCUT2D eigenvalue weighted by molar-refractivity contribution is -0.141. The van der Waals surface area contributed by atoms with Gasteiger partial charge >= 0.3 is 0 Å². The lowest BCUT2D eigenvalue weighted by Gasteiger charge is -2.36. The molecule has 2 aliphatic rings. The number of benzene rings is 1. The summed E-state index contributed by atoms with van der Waals surface area (Å²) in [5, 5.41) is 0. The van der Waals surface area contributed by atoms with Crippen molar-refractivity contribution in [3.63, 3.8) is 0 Å². The number of piperidine rings is 1. The molecule has 1 aromatic rings. The van der Waals surface area contributed by atoms with Gasteiger partial charge in [-0.15, -0.1) is 0 Å². The smallest absolute Gasteiger partial charge is 0.255 e. The number of likely N-dealkylation sites (tertiary alicyclic amines) is 1. The van der Waals surface area contributed by atoms with E-state index >= 15 is 0 Å². The monoisotopic (exact) mass is 317 g/mol. The van der Waals surface area contributed by atoms with Crippen molar-refractivity contribution in [3.8, 4) is 0 Å². The first kappa shape index (κ1) is 15.8. The van der Waals surface area contributed by atoms with Gasteiger partial charge in [-0.1, -0.05) is 12.1 Å². The Bertz CT molecular complexity index is 584. The third kappa shape index (κ3) is 3.47. The fraction of sp³-hybridized carbons (Fsp3) is 0.529. The first-order valence-electron chi connectivity index (χ1n) is 8.17. The van der Waals surface area contributed by atoms with E-state index in [-0.39, 0.29) is 17.7 Å². The Balaban J connectivity index is 1.67. The van der Waals surface area contributed by atoms with Gasteiger partial charge in [-0.3, -0.25) is 9.59 Å². The zero-order chi connectivity index (χ0) is 16.2. The van der Waals surface area contributed by atoms with Crippen LogP contribution in [0, 0.1) is 5.92 Å². The molecular formula is C17H23N3O3. The van der Waals surface area contributed by atoms with E-state index < -0.39 is 0 Å². The Morgan fingerprint density at radius 1 is 1.09 bits per heavy atom. The molecule has 3 rings (SSSR count). The number of carbonyl (C=O) groups is 2. The molecule has 2 fully saturated rings. The van der Waals surface area contributed by atoms with Crippen molar-refractivity contribution in [1.82, 2.24) is 9.80 Å². The van der Waals surface area contributed by atoms with E-state index in [9.17, 15) is 9.59 Å². The molecule has 1 aromatic carbocycles. The summed E-state index contributed by atoms with van der Waals surface area (Å²) in [6.07, 6.45) is 1.68. The van der Waals surface area contributed by atoms with E-state index in [2.05, 4.69) is 0 Å². The predicted octanol–water partition coefficient (Wildman–Crippen LogP) is 0.980. The summed E-state index contributed by atoms with van der Waals surface area (Å²) in [7, 11) is 0. The summed E-state index contributed by atoms with van der Waals surface area (Å²) in [5.74, 6) is -0.0508. The quantitative estimate of drug-likeness (QED) is 0.825. The Labute approximate surface area is 136 Å². The molecule has 1 atom stereocenters. The Hall–Kier alpha value is -2.08. The second kappa shape index (κ2) is 7.00. The number of carbonyl (C=O) groups excluding carboxylic acids is 2. The number of nitrogen functional groups attached to an aromatic ring is 1. The highest BCUT2D eigenvalue weighted by molar-refractivity contribution is 5.99. The largest absolute Gasteiger partial charge is 0.398 e. The number of nitrogens with two attached hydrogens (primary N) is 1. The topological polar surface area (TPSA) is 75.9 Å². The van der Waals surface area contributed by atoms with Crippen LogP contribution in [0.25, 0.3) is 0 Å². The molecule has 2 heterocycles. The maximum atomic E-state index is 12.7. The van der Waals surface area contributed by atoms with Gasteiger partial charge < -0.3 is 20.3 Å². The van der Waals surface area contributed by atoms with Crippen LogP contribution in [0.3, 0.4) is 0 Å². The normalized spacial score (nSPS) is 22.0. The highest BCUT2D eigenvalue weighted by atomic mass is 16.5. The lowest BCUT2D eigenvalue weighted by atomic mass is 9.95. The van der Waals surface area contributed by atoms with Crippen LogP contribution < -0.4 is 5.73 Å². The van der Waals surface area contributed by atoms with E-state index in [4.69, 9.17) is 10.5 Å². The molecule has 124 valence electrons. The molecule has 0 radical (unpaired) electrons. The van der Waals surface area contributed by atoms with Gasteiger partial charge in [0, 0.05) is 31.9 Å². The van der Waals surface area contributed by atoms with Crippen molar-refractivity contribution in [2.75, 3.05) is 45.1 Å². The summed E-state index contributed by atoms with van der Waals surface area (Å²) >= 11 is 0. The molecule has 0 aliphatic carbocycles. The molecule has 2 saturated heterocycles. The van der Waals surface area contributed by atoms with Crippen LogP contribution in [0.4, 0.5) is 5.69 Å². The lowest BCUT2D eigenvalue weighted by Crippen LogP contribution is -2.49. The molecule has 0 bridgehead atoms. The highest BCUT2D eigenvalue weighted by Gasteiger charge is 2.32. The highest BCUT2D eigenvalue weighted by Crippen LogP contribution is 2.22. The second-order valence-corrected chi connectivity index (χ2v) is 6.12. The van der Waals surface area contributed by atoms with Gasteiger partial charge in [0.25, 0.3) is 5.91 Å². The van der Waals surface area contributed by atoms with Crippen LogP contribution in [0.5, 0.6) is 0 Å². The zero-order valence-corrected chi connectivity index (χ0v) is 13.2. The number of para-hydroxylation sites is 1. The van der Waals surface area contributed by atoms with Crippen molar-refractivity contribution in [2.24, 2.45) is 5.92 Å². The van der Waals surface area contributed by atoms with Crippen LogP contribution >= 0.6 is 0 Å². The summed E-state index contributed by atoms with van der Waals surface area (Å²) in [6, 6.07) is 7.09. The molecule has 2 amide bonds. The van der Waals surface area contributed by atoms with E-state index in [1.165, 1.54) is 0 Å². The number of hydrogen-bond acceptors (Lipinski definition) is 4. The molecule has 23 heavy (non-hydrogen) atoms. The zero-order valence-electron chi connectivity index (χ0n) is 13.2. The van der Waals surface area contributed by atoms with E-state index in [0.29, 0.717) is 50.6 Å². The average molecular weight is 317 g/mol. The first-order valence-corrected chi connectivity index (χ1v) is 8.17. The third-order valence-corrected chi connectivity index (χ3v) is 4.57. The first-order chi connectivity index (χ1) is 11.2. The van der Waals surface area contributed by atoms with Crippen LogP contribution in [0.2, 0.25) is 0 Å². The summed E-state index contributed by atoms with van der Waals surface area (Å²) in [4.78, 5) is 28.9. The van der Waals surface area contributed by atoms with Gasteiger partial charge in [-0.25, -0.2) is 0 Å². The number of anilines is 1. The molecule has 0 saturated carbocycles. The minimum Gasteiger partial charge on any atom is -0.398 e. The van der Waals surface area contributed by atoms with Crippen LogP contribution in [-0.2, 0) is 9.53 Å². The fourth-order valence-corrected chi connectivity index (χ4v) is 3.27. The SMILES string of the molecule is Nc1ccccc1C(=O)N1CCCC(C(=O)N2CCOCC2)C1. The summed E-state index contributed by atoms with van der Waals surface area (Å²) < 4.78 is 5.30. The molecule has 6 heteroatoms. The minimum absolute atomic E-state index is 0.0809. The third-order valence-electron chi connectivity index (χ3n) is 4.57. The average Bonchev–Trinajstić information content (AvgIpc) is 2.62. The maximum absolute atomic E-state index is 12.7. The van der Waals surface area contributed by atoms with Gasteiger partial charge in [-0.2, -0.15) is 0 Å². The number of hydrogen-bond donors (Lipinski definition) is 1. The van der Waals surface area contributed by atoms with Crippen molar-refractivity contribution in [3.05, 3.63) is 29.8 Å². The van der Waals surface area contributed by atoms with Crippen LogP contribution in [-0.4, -0.2) is 61.0 Å². The van der Waals surface area contributed by atoms with E-state index in [0.717, 1.165) is 12.8 Å². The summed E-state index contributed by atoms with van der Waals surface area (Å²) in [6.45, 7) is 3.65.